The zero-order valence-corrected chi connectivity index (χ0v) is 19.4. The molecule has 0 saturated heterocycles. The number of rotatable bonds is 6. The lowest BCUT2D eigenvalue weighted by molar-refractivity contribution is -0.129. The third kappa shape index (κ3) is 4.57. The van der Waals surface area contributed by atoms with Gasteiger partial charge in [-0.25, -0.2) is 4.79 Å². The van der Waals surface area contributed by atoms with E-state index in [1.54, 1.807) is 30.3 Å². The van der Waals surface area contributed by atoms with Gasteiger partial charge >= 0.3 is 5.97 Å². The second-order valence-corrected chi connectivity index (χ2v) is 7.78. The van der Waals surface area contributed by atoms with Crippen molar-refractivity contribution in [1.82, 2.24) is 0 Å². The second kappa shape index (κ2) is 9.67. The zero-order valence-electron chi connectivity index (χ0n) is 19.4. The Morgan fingerprint density at radius 1 is 0.912 bits per heavy atom. The van der Waals surface area contributed by atoms with E-state index in [0.29, 0.717) is 28.0 Å². The Balaban J connectivity index is 1.87. The minimum Gasteiger partial charge on any atom is -0.493 e. The van der Waals surface area contributed by atoms with E-state index >= 15 is 0 Å². The van der Waals surface area contributed by atoms with Gasteiger partial charge < -0.3 is 18.6 Å². The van der Waals surface area contributed by atoms with Crippen LogP contribution < -0.4 is 19.6 Å². The normalized spacial score (nSPS) is 11.1. The van der Waals surface area contributed by atoms with Crippen LogP contribution in [0.5, 0.6) is 17.2 Å². The summed E-state index contributed by atoms with van der Waals surface area (Å²) in [7, 11) is 3.05. The number of aryl methyl sites for hydroxylation is 2. The zero-order chi connectivity index (χ0) is 24.2. The highest BCUT2D eigenvalue weighted by Crippen LogP contribution is 2.37. The molecule has 4 rings (SSSR count). The summed E-state index contributed by atoms with van der Waals surface area (Å²) in [6.45, 7) is 3.74. The summed E-state index contributed by atoms with van der Waals surface area (Å²) in [5.74, 6) is 0.219. The lowest BCUT2D eigenvalue weighted by Crippen LogP contribution is -2.15. The maximum absolute atomic E-state index is 13.5. The van der Waals surface area contributed by atoms with E-state index in [0.717, 1.165) is 16.7 Å². The molecule has 34 heavy (non-hydrogen) atoms. The highest BCUT2D eigenvalue weighted by molar-refractivity contribution is 5.91. The standard InChI is InChI=1S/C28H24O6/c1-17-14-18(2)25-23(15-17)33-27(20-11-12-21(31-3)22(16-20)32-4)28(26(25)30)34-24(29)13-10-19-8-6-5-7-9-19/h5-16H,1-4H3/b13-10+. The van der Waals surface area contributed by atoms with Crippen LogP contribution in [-0.2, 0) is 4.79 Å². The van der Waals surface area contributed by atoms with Gasteiger partial charge in [0.15, 0.2) is 17.3 Å². The van der Waals surface area contributed by atoms with E-state index < -0.39 is 11.4 Å². The van der Waals surface area contributed by atoms with Crippen molar-refractivity contribution >= 4 is 23.0 Å². The van der Waals surface area contributed by atoms with Gasteiger partial charge in [-0.2, -0.15) is 0 Å². The molecule has 0 aliphatic rings. The van der Waals surface area contributed by atoms with Crippen LogP contribution in [0, 0.1) is 13.8 Å². The van der Waals surface area contributed by atoms with Gasteiger partial charge in [0.05, 0.1) is 19.6 Å². The van der Waals surface area contributed by atoms with E-state index in [-0.39, 0.29) is 11.5 Å². The fourth-order valence-electron chi connectivity index (χ4n) is 3.80. The topological polar surface area (TPSA) is 75.0 Å². The van der Waals surface area contributed by atoms with Gasteiger partial charge in [0.25, 0.3) is 0 Å². The SMILES string of the molecule is COc1ccc(-c2oc3cc(C)cc(C)c3c(=O)c2OC(=O)/C=C/c2ccccc2)cc1OC. The van der Waals surface area contributed by atoms with Crippen molar-refractivity contribution in [2.45, 2.75) is 13.8 Å². The van der Waals surface area contributed by atoms with Gasteiger partial charge in [-0.3, -0.25) is 4.79 Å². The van der Waals surface area contributed by atoms with Crippen molar-refractivity contribution in [2.24, 2.45) is 0 Å². The summed E-state index contributed by atoms with van der Waals surface area (Å²) >= 11 is 0. The predicted molar refractivity (Wildman–Crippen MR) is 132 cm³/mol. The van der Waals surface area contributed by atoms with Crippen LogP contribution in [0.25, 0.3) is 28.4 Å². The quantitative estimate of drug-likeness (QED) is 0.273. The van der Waals surface area contributed by atoms with Crippen molar-refractivity contribution in [3.05, 3.63) is 93.7 Å². The first-order chi connectivity index (χ1) is 16.4. The van der Waals surface area contributed by atoms with Crippen LogP contribution in [0.3, 0.4) is 0 Å². The third-order valence-electron chi connectivity index (χ3n) is 5.36. The molecule has 0 amide bonds. The molecule has 0 radical (unpaired) electrons. The van der Waals surface area contributed by atoms with E-state index in [1.165, 1.54) is 20.3 Å². The van der Waals surface area contributed by atoms with Crippen molar-refractivity contribution in [1.29, 1.82) is 0 Å². The molecule has 0 unspecified atom stereocenters. The number of carbonyl (C=O) groups is 1. The van der Waals surface area contributed by atoms with E-state index in [9.17, 15) is 9.59 Å². The molecule has 6 heteroatoms. The molecule has 6 nitrogen and oxygen atoms in total. The Kier molecular flexibility index (Phi) is 6.50. The van der Waals surface area contributed by atoms with E-state index in [2.05, 4.69) is 0 Å². The average Bonchev–Trinajstić information content (AvgIpc) is 2.84. The van der Waals surface area contributed by atoms with Crippen LogP contribution in [0.1, 0.15) is 16.7 Å². The molecule has 0 aliphatic carbocycles. The molecule has 1 heterocycles. The Morgan fingerprint density at radius 2 is 1.65 bits per heavy atom. The maximum Gasteiger partial charge on any atom is 0.336 e. The average molecular weight is 456 g/mol. The number of ether oxygens (including phenoxy) is 3. The Hall–Kier alpha value is -4.32. The molecule has 172 valence electrons. The molecule has 0 saturated carbocycles. The van der Waals surface area contributed by atoms with Crippen molar-refractivity contribution in [3.8, 4) is 28.6 Å². The molecule has 0 fully saturated rings. The first kappa shape index (κ1) is 22.9. The van der Waals surface area contributed by atoms with Gasteiger partial charge in [0.2, 0.25) is 11.2 Å². The highest BCUT2D eigenvalue weighted by atomic mass is 16.5. The van der Waals surface area contributed by atoms with Crippen molar-refractivity contribution < 1.29 is 23.4 Å². The minimum atomic E-state index is -0.693. The van der Waals surface area contributed by atoms with Crippen LogP contribution in [0.2, 0.25) is 0 Å². The Bertz CT molecular complexity index is 1450. The molecular formula is C28H24O6. The van der Waals surface area contributed by atoms with Gasteiger partial charge in [-0.15, -0.1) is 0 Å². The third-order valence-corrected chi connectivity index (χ3v) is 5.36. The number of hydrogen-bond donors (Lipinski definition) is 0. The number of benzene rings is 3. The van der Waals surface area contributed by atoms with E-state index in [1.807, 2.05) is 50.2 Å². The van der Waals surface area contributed by atoms with Crippen LogP contribution in [0.15, 0.2) is 76.0 Å². The summed E-state index contributed by atoms with van der Waals surface area (Å²) < 4.78 is 22.4. The monoisotopic (exact) mass is 456 g/mol. The largest absolute Gasteiger partial charge is 0.493 e. The lowest BCUT2D eigenvalue weighted by atomic mass is 10.0. The maximum atomic E-state index is 13.5. The van der Waals surface area contributed by atoms with Gasteiger partial charge in [0.1, 0.15) is 5.58 Å². The summed E-state index contributed by atoms with van der Waals surface area (Å²) in [5.41, 5.74) is 3.00. The van der Waals surface area contributed by atoms with E-state index in [4.69, 9.17) is 18.6 Å². The summed E-state index contributed by atoms with van der Waals surface area (Å²) in [5, 5.41) is 0.365. The number of esters is 1. The number of hydrogen-bond acceptors (Lipinski definition) is 6. The Morgan fingerprint density at radius 3 is 2.35 bits per heavy atom. The van der Waals surface area contributed by atoms with Crippen molar-refractivity contribution in [2.75, 3.05) is 14.2 Å². The van der Waals surface area contributed by atoms with Crippen molar-refractivity contribution in [3.63, 3.8) is 0 Å². The molecule has 3 aromatic carbocycles. The highest BCUT2D eigenvalue weighted by Gasteiger charge is 2.22. The molecule has 1 aromatic heterocycles. The second-order valence-electron chi connectivity index (χ2n) is 7.78. The molecule has 0 N–H and O–H groups in total. The van der Waals surface area contributed by atoms with Crippen LogP contribution >= 0.6 is 0 Å². The molecule has 0 atom stereocenters. The number of methoxy groups -OCH3 is 2. The smallest absolute Gasteiger partial charge is 0.336 e. The fraction of sp³-hybridized carbons (Fsp3) is 0.143. The summed E-state index contributed by atoms with van der Waals surface area (Å²) in [6, 6.07) is 18.1. The molecular weight excluding hydrogens is 432 g/mol. The first-order valence-electron chi connectivity index (χ1n) is 10.7. The van der Waals surface area contributed by atoms with Gasteiger partial charge in [0, 0.05) is 11.6 Å². The lowest BCUT2D eigenvalue weighted by Gasteiger charge is -2.13. The molecule has 0 bridgehead atoms. The molecule has 0 aliphatic heterocycles. The van der Waals surface area contributed by atoms with Gasteiger partial charge in [-0.1, -0.05) is 36.4 Å². The molecule has 0 spiro atoms. The van der Waals surface area contributed by atoms with Crippen LogP contribution in [-0.4, -0.2) is 20.2 Å². The van der Waals surface area contributed by atoms with Gasteiger partial charge in [-0.05, 0) is 60.9 Å². The van der Waals surface area contributed by atoms with Crippen LogP contribution in [0.4, 0.5) is 0 Å². The first-order valence-corrected chi connectivity index (χ1v) is 10.7. The Labute approximate surface area is 197 Å². The number of carbonyl (C=O) groups excluding carboxylic acids is 1. The molecule has 4 aromatic rings. The summed E-state index contributed by atoms with van der Waals surface area (Å²) in [6.07, 6.45) is 2.90. The minimum absolute atomic E-state index is 0.130. The summed E-state index contributed by atoms with van der Waals surface area (Å²) in [4.78, 5) is 26.2. The fourth-order valence-corrected chi connectivity index (χ4v) is 3.80. The predicted octanol–water partition coefficient (Wildman–Crippen LogP) is 5.71. The number of fused-ring (bicyclic) bond motifs is 1.